The number of fused-ring (bicyclic) bond motifs is 6. The summed E-state index contributed by atoms with van der Waals surface area (Å²) in [5, 5.41) is 1.32. The Morgan fingerprint density at radius 2 is 1.48 bits per heavy atom. The van der Waals surface area contributed by atoms with E-state index in [9.17, 15) is 19.2 Å². The molecule has 10 heteroatoms. The number of aromatic amines is 2. The molecule has 46 heavy (non-hydrogen) atoms. The van der Waals surface area contributed by atoms with Crippen LogP contribution in [-0.2, 0) is 36.7 Å². The van der Waals surface area contributed by atoms with Crippen LogP contribution in [0.2, 0.25) is 0 Å². The predicted octanol–water partition coefficient (Wildman–Crippen LogP) is 3.77. The number of aromatic nitrogens is 2. The number of carbonyl (C=O) groups excluding carboxylic acids is 4. The van der Waals surface area contributed by atoms with E-state index in [0.717, 1.165) is 50.5 Å². The van der Waals surface area contributed by atoms with Crippen molar-refractivity contribution in [3.63, 3.8) is 0 Å². The van der Waals surface area contributed by atoms with Crippen molar-refractivity contribution in [1.29, 1.82) is 0 Å². The molecule has 0 aliphatic carbocycles. The summed E-state index contributed by atoms with van der Waals surface area (Å²) >= 11 is 0. The second kappa shape index (κ2) is 12.9. The van der Waals surface area contributed by atoms with Gasteiger partial charge in [-0.15, -0.1) is 0 Å². The summed E-state index contributed by atoms with van der Waals surface area (Å²) in [5.74, 6) is -0.810. The van der Waals surface area contributed by atoms with E-state index in [1.54, 1.807) is 0 Å². The van der Waals surface area contributed by atoms with E-state index in [2.05, 4.69) is 9.97 Å². The molecule has 8 bridgehead atoms. The maximum atomic E-state index is 12.9. The Balaban J connectivity index is 1.80. The summed E-state index contributed by atoms with van der Waals surface area (Å²) in [6.45, 7) is 10.8. The molecule has 0 fully saturated rings. The van der Waals surface area contributed by atoms with Gasteiger partial charge in [0.1, 0.15) is 0 Å². The first kappa shape index (κ1) is 32.5. The topological polar surface area (TPSA) is 143 Å². The Labute approximate surface area is 267 Å². The van der Waals surface area contributed by atoms with Gasteiger partial charge in [-0.2, -0.15) is 0 Å². The Morgan fingerprint density at radius 3 is 2.11 bits per heavy atom. The zero-order valence-electron chi connectivity index (χ0n) is 27.7. The standard InChI is InChI=1S/C36H40N4O6/c1-17-23(9-11-33(43)45-7)29-16-30-24(10-12-34(44)46-8)18(2)26(38-30)14-31-36(22(6)42)20(4)28(40-31)15-32-35(21(5)41)19(3)27(39-32)13-25(17)37-29/h13-15,29,38,40H,9-12,16H2,1-8H3/b27-13?,28-15?,31-14-. The highest BCUT2D eigenvalue weighted by molar-refractivity contribution is 6.35. The van der Waals surface area contributed by atoms with Gasteiger partial charge in [-0.25, -0.2) is 4.99 Å². The number of hydrogen-bond acceptors (Lipinski definition) is 8. The number of aliphatic imine (C=N–C) groups is 2. The molecule has 3 aliphatic heterocycles. The first-order valence-electron chi connectivity index (χ1n) is 15.4. The molecular weight excluding hydrogens is 584 g/mol. The molecule has 10 nitrogen and oxygen atoms in total. The molecule has 0 saturated carbocycles. The van der Waals surface area contributed by atoms with Crippen LogP contribution in [-0.4, -0.2) is 65.2 Å². The number of H-pyrrole nitrogens is 2. The fraction of sp³-hybridized carbons (Fsp3) is 0.389. The first-order valence-corrected chi connectivity index (χ1v) is 15.4. The van der Waals surface area contributed by atoms with E-state index in [1.807, 2.05) is 45.9 Å². The number of hydrogen-bond donors (Lipinski definition) is 2. The van der Waals surface area contributed by atoms with Gasteiger partial charge in [0.2, 0.25) is 0 Å². The minimum atomic E-state index is -0.304. The molecule has 5 rings (SSSR count). The van der Waals surface area contributed by atoms with E-state index in [0.29, 0.717) is 52.5 Å². The SMILES string of the molecule is COC(=O)CCC1=C(C)C2=NC1Cc1[nH]c(c(C)c1CCC(=O)OC)/C=c1\[nH]c(c(C)c1C(C)=O)=CC1=NC(=C2)C(C)=C1C(C)=O. The molecule has 0 aromatic carbocycles. The van der Waals surface area contributed by atoms with Gasteiger partial charge < -0.3 is 19.4 Å². The fourth-order valence-corrected chi connectivity index (χ4v) is 6.70. The summed E-state index contributed by atoms with van der Waals surface area (Å²) in [5.41, 5.74) is 10.1. The maximum Gasteiger partial charge on any atom is 0.305 e. The lowest BCUT2D eigenvalue weighted by molar-refractivity contribution is -0.141. The van der Waals surface area contributed by atoms with Crippen LogP contribution < -0.4 is 10.7 Å². The lowest BCUT2D eigenvalue weighted by atomic mass is 9.93. The van der Waals surface area contributed by atoms with Crippen LogP contribution in [0.3, 0.4) is 0 Å². The number of ketones is 2. The van der Waals surface area contributed by atoms with Crippen molar-refractivity contribution >= 4 is 47.1 Å². The van der Waals surface area contributed by atoms with Crippen molar-refractivity contribution in [2.24, 2.45) is 9.98 Å². The Hall–Kier alpha value is -4.86. The Bertz CT molecular complexity index is 1970. The highest BCUT2D eigenvalue weighted by Gasteiger charge is 2.30. The zero-order chi connectivity index (χ0) is 33.4. The van der Waals surface area contributed by atoms with Crippen LogP contribution in [0.4, 0.5) is 0 Å². The molecule has 1 atom stereocenters. The molecule has 0 saturated heterocycles. The molecule has 1 unspecified atom stereocenters. The summed E-state index contributed by atoms with van der Waals surface area (Å²) in [4.78, 5) is 67.2. The van der Waals surface area contributed by atoms with Crippen LogP contribution in [0, 0.1) is 13.8 Å². The number of ether oxygens (including phenoxy) is 2. The second-order valence-corrected chi connectivity index (χ2v) is 12.0. The lowest BCUT2D eigenvalue weighted by Gasteiger charge is -2.14. The molecule has 3 aliphatic rings. The predicted molar refractivity (Wildman–Crippen MR) is 176 cm³/mol. The molecule has 5 heterocycles. The molecular formula is C36H40N4O6. The molecule has 240 valence electrons. The largest absolute Gasteiger partial charge is 0.469 e. The smallest absolute Gasteiger partial charge is 0.305 e. The number of nitrogens with zero attached hydrogens (tertiary/aromatic N) is 2. The highest BCUT2D eigenvalue weighted by atomic mass is 16.5. The summed E-state index contributed by atoms with van der Waals surface area (Å²) in [6.07, 6.45) is 7.50. The monoisotopic (exact) mass is 624 g/mol. The number of nitrogens with one attached hydrogen (secondary N) is 2. The number of esters is 2. The number of Topliss-reactive ketones (excluding diaryl/α,β-unsaturated/α-hetero) is 2. The second-order valence-electron chi connectivity index (χ2n) is 12.0. The van der Waals surface area contributed by atoms with Gasteiger partial charge >= 0.3 is 11.9 Å². The van der Waals surface area contributed by atoms with Crippen molar-refractivity contribution in [3.8, 4) is 0 Å². The molecule has 0 radical (unpaired) electrons. The van der Waals surface area contributed by atoms with E-state index in [4.69, 9.17) is 19.5 Å². The van der Waals surface area contributed by atoms with Gasteiger partial charge in [-0.05, 0) is 106 Å². The Kier molecular flexibility index (Phi) is 9.10. The van der Waals surface area contributed by atoms with Crippen LogP contribution in [0.15, 0.2) is 44.1 Å². The summed E-state index contributed by atoms with van der Waals surface area (Å²) < 4.78 is 9.87. The van der Waals surface area contributed by atoms with Crippen LogP contribution in [0.1, 0.15) is 85.4 Å². The van der Waals surface area contributed by atoms with Crippen LogP contribution in [0.5, 0.6) is 0 Å². The maximum absolute atomic E-state index is 12.9. The number of rotatable bonds is 8. The lowest BCUT2D eigenvalue weighted by Crippen LogP contribution is -2.16. The quantitative estimate of drug-likeness (QED) is 0.338. The van der Waals surface area contributed by atoms with Crippen LogP contribution >= 0.6 is 0 Å². The van der Waals surface area contributed by atoms with E-state index >= 15 is 0 Å². The van der Waals surface area contributed by atoms with Gasteiger partial charge in [-0.1, -0.05) is 0 Å². The van der Waals surface area contributed by atoms with Gasteiger partial charge in [0.05, 0.1) is 42.7 Å². The number of allylic oxidation sites excluding steroid dienone is 4. The van der Waals surface area contributed by atoms with E-state index < -0.39 is 0 Å². The number of methoxy groups -OCH3 is 2. The highest BCUT2D eigenvalue weighted by Crippen LogP contribution is 2.34. The van der Waals surface area contributed by atoms with Gasteiger partial charge in [0.15, 0.2) is 11.6 Å². The van der Waals surface area contributed by atoms with Gasteiger partial charge in [-0.3, -0.25) is 24.2 Å². The summed E-state index contributed by atoms with van der Waals surface area (Å²) in [6, 6.07) is -0.285. The average Bonchev–Trinajstić information content (AvgIpc) is 3.67. The van der Waals surface area contributed by atoms with E-state index in [1.165, 1.54) is 28.1 Å². The molecule has 0 spiro atoms. The zero-order valence-corrected chi connectivity index (χ0v) is 27.7. The normalized spacial score (nSPS) is 18.0. The van der Waals surface area contributed by atoms with Crippen molar-refractivity contribution in [2.45, 2.75) is 79.7 Å². The third-order valence-corrected chi connectivity index (χ3v) is 9.22. The third-order valence-electron chi connectivity index (χ3n) is 9.22. The minimum absolute atomic E-state index is 0.0938. The van der Waals surface area contributed by atoms with Crippen LogP contribution in [0.25, 0.3) is 12.2 Å². The average molecular weight is 625 g/mol. The number of carbonyl (C=O) groups is 4. The van der Waals surface area contributed by atoms with Crippen molar-refractivity contribution in [3.05, 3.63) is 78.4 Å². The molecule has 2 N–H and O–H groups in total. The first-order chi connectivity index (χ1) is 21.8. The van der Waals surface area contributed by atoms with Crippen molar-refractivity contribution in [1.82, 2.24) is 9.97 Å². The van der Waals surface area contributed by atoms with Crippen molar-refractivity contribution < 1.29 is 28.7 Å². The molecule has 2 aromatic rings. The minimum Gasteiger partial charge on any atom is -0.469 e. The third kappa shape index (κ3) is 6.03. The van der Waals surface area contributed by atoms with Crippen molar-refractivity contribution in [2.75, 3.05) is 14.2 Å². The Morgan fingerprint density at radius 1 is 0.804 bits per heavy atom. The fourth-order valence-electron chi connectivity index (χ4n) is 6.70. The van der Waals surface area contributed by atoms with Gasteiger partial charge in [0.25, 0.3) is 0 Å². The van der Waals surface area contributed by atoms with Gasteiger partial charge in [0, 0.05) is 47.1 Å². The molecule has 0 amide bonds. The molecule has 2 aromatic heterocycles. The van der Waals surface area contributed by atoms with E-state index in [-0.39, 0.29) is 42.4 Å². The summed E-state index contributed by atoms with van der Waals surface area (Å²) in [7, 11) is 2.75.